The first-order chi connectivity index (χ1) is 10.0. The molecule has 0 radical (unpaired) electrons. The largest absolute Gasteiger partial charge is 0.384 e. The third kappa shape index (κ3) is 3.56. The SMILES string of the molecule is Cc1cc(C)n(Cc2ccc(F)c(C#CCO)c2)c(=O)n1. The number of halogens is 1. The van der Waals surface area contributed by atoms with E-state index < -0.39 is 5.82 Å². The molecule has 0 bridgehead atoms. The van der Waals surface area contributed by atoms with E-state index in [0.717, 1.165) is 11.3 Å². The van der Waals surface area contributed by atoms with Crippen LogP contribution in [0.4, 0.5) is 4.39 Å². The van der Waals surface area contributed by atoms with Crippen LogP contribution in [0, 0.1) is 31.5 Å². The lowest BCUT2D eigenvalue weighted by Gasteiger charge is -2.10. The Morgan fingerprint density at radius 3 is 2.76 bits per heavy atom. The average Bonchev–Trinajstić information content (AvgIpc) is 2.43. The highest BCUT2D eigenvalue weighted by molar-refractivity contribution is 5.38. The van der Waals surface area contributed by atoms with Crippen molar-refractivity contribution in [3.05, 3.63) is 63.1 Å². The van der Waals surface area contributed by atoms with Crippen LogP contribution in [0.15, 0.2) is 29.1 Å². The van der Waals surface area contributed by atoms with Gasteiger partial charge in [-0.05, 0) is 37.6 Å². The van der Waals surface area contributed by atoms with Gasteiger partial charge < -0.3 is 5.11 Å². The molecule has 0 fully saturated rings. The Morgan fingerprint density at radius 1 is 1.33 bits per heavy atom. The quantitative estimate of drug-likeness (QED) is 0.849. The lowest BCUT2D eigenvalue weighted by Crippen LogP contribution is -2.26. The highest BCUT2D eigenvalue weighted by Gasteiger charge is 2.06. The molecule has 0 aliphatic rings. The van der Waals surface area contributed by atoms with Gasteiger partial charge in [0.15, 0.2) is 0 Å². The minimum Gasteiger partial charge on any atom is -0.384 e. The van der Waals surface area contributed by atoms with E-state index in [-0.39, 0.29) is 17.9 Å². The first kappa shape index (κ1) is 14.9. The molecule has 5 heteroatoms. The Hall–Kier alpha value is -2.45. The molecule has 108 valence electrons. The van der Waals surface area contributed by atoms with Gasteiger partial charge in [-0.2, -0.15) is 4.98 Å². The number of aliphatic hydroxyl groups is 1. The van der Waals surface area contributed by atoms with E-state index in [2.05, 4.69) is 16.8 Å². The van der Waals surface area contributed by atoms with Crippen molar-refractivity contribution in [1.29, 1.82) is 0 Å². The van der Waals surface area contributed by atoms with Crippen LogP contribution in [0.5, 0.6) is 0 Å². The van der Waals surface area contributed by atoms with E-state index in [1.165, 1.54) is 10.6 Å². The van der Waals surface area contributed by atoms with Crippen LogP contribution in [-0.2, 0) is 6.54 Å². The summed E-state index contributed by atoms with van der Waals surface area (Å²) in [5.74, 6) is 4.51. The number of aromatic nitrogens is 2. The number of rotatable bonds is 2. The van der Waals surface area contributed by atoms with Crippen LogP contribution in [0.3, 0.4) is 0 Å². The van der Waals surface area contributed by atoms with Crippen LogP contribution < -0.4 is 5.69 Å². The summed E-state index contributed by atoms with van der Waals surface area (Å²) in [4.78, 5) is 15.8. The average molecular weight is 286 g/mol. The zero-order chi connectivity index (χ0) is 15.4. The molecular weight excluding hydrogens is 271 g/mol. The zero-order valence-electron chi connectivity index (χ0n) is 11.9. The summed E-state index contributed by atoms with van der Waals surface area (Å²) in [6.07, 6.45) is 0. The maximum absolute atomic E-state index is 13.6. The highest BCUT2D eigenvalue weighted by atomic mass is 19.1. The molecular formula is C16H15FN2O2. The Morgan fingerprint density at radius 2 is 2.10 bits per heavy atom. The Labute approximate surface area is 121 Å². The van der Waals surface area contributed by atoms with E-state index in [4.69, 9.17) is 5.11 Å². The van der Waals surface area contributed by atoms with Crippen LogP contribution in [-0.4, -0.2) is 21.3 Å². The van der Waals surface area contributed by atoms with E-state index in [1.54, 1.807) is 19.1 Å². The lowest BCUT2D eigenvalue weighted by atomic mass is 10.1. The molecule has 4 nitrogen and oxygen atoms in total. The summed E-state index contributed by atoms with van der Waals surface area (Å²) in [5.41, 5.74) is 2.07. The van der Waals surface area contributed by atoms with Gasteiger partial charge in [-0.3, -0.25) is 4.57 Å². The summed E-state index contributed by atoms with van der Waals surface area (Å²) in [5, 5.41) is 8.67. The molecule has 2 rings (SSSR count). The van der Waals surface area contributed by atoms with Crippen LogP contribution in [0.25, 0.3) is 0 Å². The number of nitrogens with zero attached hydrogens (tertiary/aromatic N) is 2. The molecule has 0 spiro atoms. The van der Waals surface area contributed by atoms with Crippen molar-refractivity contribution < 1.29 is 9.50 Å². The summed E-state index contributed by atoms with van der Waals surface area (Å²) in [6, 6.07) is 6.30. The molecule has 0 saturated heterocycles. The zero-order valence-corrected chi connectivity index (χ0v) is 11.9. The summed E-state index contributed by atoms with van der Waals surface area (Å²) >= 11 is 0. The smallest absolute Gasteiger partial charge is 0.348 e. The maximum atomic E-state index is 13.6. The molecule has 1 N–H and O–H groups in total. The monoisotopic (exact) mass is 286 g/mol. The van der Waals surface area contributed by atoms with Gasteiger partial charge in [-0.15, -0.1) is 0 Å². The van der Waals surface area contributed by atoms with Crippen LogP contribution >= 0.6 is 0 Å². The lowest BCUT2D eigenvalue weighted by molar-refractivity contribution is 0.350. The molecule has 1 heterocycles. The van der Waals surface area contributed by atoms with Gasteiger partial charge in [-0.1, -0.05) is 17.9 Å². The van der Waals surface area contributed by atoms with Gasteiger partial charge in [0.05, 0.1) is 12.1 Å². The van der Waals surface area contributed by atoms with Crippen molar-refractivity contribution in [3.8, 4) is 11.8 Å². The molecule has 1 aromatic carbocycles. The van der Waals surface area contributed by atoms with Crippen LogP contribution in [0.2, 0.25) is 0 Å². The van der Waals surface area contributed by atoms with E-state index in [0.29, 0.717) is 12.2 Å². The molecule has 0 aliphatic carbocycles. The fourth-order valence-corrected chi connectivity index (χ4v) is 2.05. The highest BCUT2D eigenvalue weighted by Crippen LogP contribution is 2.11. The van der Waals surface area contributed by atoms with Crippen molar-refractivity contribution in [1.82, 2.24) is 9.55 Å². The van der Waals surface area contributed by atoms with E-state index >= 15 is 0 Å². The summed E-state index contributed by atoms with van der Waals surface area (Å²) in [6.45, 7) is 3.56. The fraction of sp³-hybridized carbons (Fsp3) is 0.250. The molecule has 0 aliphatic heterocycles. The normalized spacial score (nSPS) is 10.1. The second-order valence-electron chi connectivity index (χ2n) is 4.68. The second kappa shape index (κ2) is 6.33. The van der Waals surface area contributed by atoms with Crippen molar-refractivity contribution in [2.75, 3.05) is 6.61 Å². The number of benzene rings is 1. The Balaban J connectivity index is 2.39. The van der Waals surface area contributed by atoms with Crippen LogP contribution in [0.1, 0.15) is 22.5 Å². The molecule has 21 heavy (non-hydrogen) atoms. The van der Waals surface area contributed by atoms with Crippen molar-refractivity contribution in [2.45, 2.75) is 20.4 Å². The van der Waals surface area contributed by atoms with E-state index in [9.17, 15) is 9.18 Å². The maximum Gasteiger partial charge on any atom is 0.348 e. The Bertz CT molecular complexity index is 785. The first-order valence-corrected chi connectivity index (χ1v) is 6.44. The predicted molar refractivity (Wildman–Crippen MR) is 77.4 cm³/mol. The summed E-state index contributed by atoms with van der Waals surface area (Å²) in [7, 11) is 0. The number of aryl methyl sites for hydroxylation is 2. The third-order valence-electron chi connectivity index (χ3n) is 3.02. The molecule has 2 aromatic rings. The molecule has 1 aromatic heterocycles. The topological polar surface area (TPSA) is 55.1 Å². The third-order valence-corrected chi connectivity index (χ3v) is 3.02. The van der Waals surface area contributed by atoms with Crippen molar-refractivity contribution in [3.63, 3.8) is 0 Å². The van der Waals surface area contributed by atoms with Gasteiger partial charge in [0.2, 0.25) is 0 Å². The summed E-state index contributed by atoms with van der Waals surface area (Å²) < 4.78 is 15.1. The molecule has 0 amide bonds. The predicted octanol–water partition coefficient (Wildman–Crippen LogP) is 1.39. The van der Waals surface area contributed by atoms with Crippen molar-refractivity contribution in [2.24, 2.45) is 0 Å². The van der Waals surface area contributed by atoms with Gasteiger partial charge in [0.25, 0.3) is 0 Å². The second-order valence-corrected chi connectivity index (χ2v) is 4.68. The first-order valence-electron chi connectivity index (χ1n) is 6.44. The van der Waals surface area contributed by atoms with Gasteiger partial charge in [-0.25, -0.2) is 9.18 Å². The van der Waals surface area contributed by atoms with Gasteiger partial charge in [0, 0.05) is 11.4 Å². The molecule has 0 atom stereocenters. The van der Waals surface area contributed by atoms with E-state index in [1.807, 2.05) is 13.0 Å². The van der Waals surface area contributed by atoms with Gasteiger partial charge >= 0.3 is 5.69 Å². The number of hydrogen-bond donors (Lipinski definition) is 1. The Kier molecular flexibility index (Phi) is 4.51. The standard InChI is InChI=1S/C16H15FN2O2/c1-11-8-12(2)19(16(21)18-11)10-13-5-6-15(17)14(9-13)4-3-7-20/h5-6,8-9,20H,7,10H2,1-2H3. The number of aliphatic hydroxyl groups excluding tert-OH is 1. The fourth-order valence-electron chi connectivity index (χ4n) is 2.05. The number of hydrogen-bond acceptors (Lipinski definition) is 3. The molecule has 0 unspecified atom stereocenters. The van der Waals surface area contributed by atoms with Gasteiger partial charge in [0.1, 0.15) is 12.4 Å². The minimum atomic E-state index is -0.453. The van der Waals surface area contributed by atoms with Crippen molar-refractivity contribution >= 4 is 0 Å². The molecule has 0 saturated carbocycles. The minimum absolute atomic E-state index is 0.201.